The molecule has 0 aliphatic rings. The molecule has 0 radical (unpaired) electrons. The topological polar surface area (TPSA) is 24.5 Å². The fourth-order valence-corrected chi connectivity index (χ4v) is 2.04. The number of benzene rings is 1. The summed E-state index contributed by atoms with van der Waals surface area (Å²) in [7, 11) is 2.19. The zero-order chi connectivity index (χ0) is 14.8. The molecule has 0 aliphatic heterocycles. The Morgan fingerprint density at radius 3 is 2.65 bits per heavy atom. The van der Waals surface area contributed by atoms with Crippen LogP contribution in [0.15, 0.2) is 24.3 Å². The van der Waals surface area contributed by atoms with Crippen LogP contribution in [-0.2, 0) is 6.54 Å². The van der Waals surface area contributed by atoms with Crippen LogP contribution >= 0.6 is 0 Å². The molecule has 1 N–H and O–H groups in total. The molecule has 0 spiro atoms. The van der Waals surface area contributed by atoms with E-state index in [1.165, 1.54) is 24.9 Å². The summed E-state index contributed by atoms with van der Waals surface area (Å²) < 4.78 is 5.63. The van der Waals surface area contributed by atoms with Gasteiger partial charge in [-0.1, -0.05) is 18.2 Å². The summed E-state index contributed by atoms with van der Waals surface area (Å²) in [5, 5.41) is 3.50. The molecular formula is C17H30N2O. The number of nitrogens with zero attached hydrogens (tertiary/aromatic N) is 1. The molecule has 0 fully saturated rings. The van der Waals surface area contributed by atoms with Crippen LogP contribution in [0.4, 0.5) is 0 Å². The Balaban J connectivity index is 2.18. The number of ether oxygens (including phenoxy) is 1. The first-order valence-corrected chi connectivity index (χ1v) is 7.76. The van der Waals surface area contributed by atoms with E-state index in [-0.39, 0.29) is 0 Å². The van der Waals surface area contributed by atoms with Crippen LogP contribution < -0.4 is 10.1 Å². The lowest BCUT2D eigenvalue weighted by Crippen LogP contribution is -2.27. The van der Waals surface area contributed by atoms with E-state index in [9.17, 15) is 0 Å². The first-order valence-electron chi connectivity index (χ1n) is 7.76. The molecule has 1 aromatic rings. The minimum Gasteiger partial charge on any atom is -0.494 e. The van der Waals surface area contributed by atoms with Gasteiger partial charge in [0.1, 0.15) is 5.75 Å². The van der Waals surface area contributed by atoms with Gasteiger partial charge in [-0.3, -0.25) is 0 Å². The van der Waals surface area contributed by atoms with Gasteiger partial charge in [0.25, 0.3) is 0 Å². The van der Waals surface area contributed by atoms with E-state index in [4.69, 9.17) is 4.74 Å². The number of nitrogens with one attached hydrogen (secondary N) is 1. The van der Waals surface area contributed by atoms with Crippen LogP contribution in [-0.4, -0.2) is 37.7 Å². The van der Waals surface area contributed by atoms with E-state index in [1.807, 2.05) is 19.1 Å². The molecule has 0 saturated carbocycles. The summed E-state index contributed by atoms with van der Waals surface area (Å²) >= 11 is 0. The van der Waals surface area contributed by atoms with Gasteiger partial charge in [0, 0.05) is 18.2 Å². The van der Waals surface area contributed by atoms with Crippen molar-refractivity contribution in [3.8, 4) is 5.75 Å². The Hall–Kier alpha value is -1.06. The van der Waals surface area contributed by atoms with E-state index >= 15 is 0 Å². The number of hydrogen-bond acceptors (Lipinski definition) is 3. The van der Waals surface area contributed by atoms with Crippen molar-refractivity contribution >= 4 is 0 Å². The van der Waals surface area contributed by atoms with Crippen molar-refractivity contribution in [3.63, 3.8) is 0 Å². The summed E-state index contributed by atoms with van der Waals surface area (Å²) in [4.78, 5) is 2.39. The Morgan fingerprint density at radius 2 is 1.95 bits per heavy atom. The molecular weight excluding hydrogens is 248 g/mol. The molecule has 1 rings (SSSR count). The molecule has 0 aromatic heterocycles. The summed E-state index contributed by atoms with van der Waals surface area (Å²) in [6.45, 7) is 10.3. The van der Waals surface area contributed by atoms with Crippen molar-refractivity contribution in [1.29, 1.82) is 0 Å². The van der Waals surface area contributed by atoms with Crippen LogP contribution in [0.5, 0.6) is 5.75 Å². The molecule has 0 atom stereocenters. The summed E-state index contributed by atoms with van der Waals surface area (Å²) in [5.74, 6) is 1.00. The van der Waals surface area contributed by atoms with Crippen molar-refractivity contribution in [2.75, 3.05) is 26.7 Å². The van der Waals surface area contributed by atoms with Crippen molar-refractivity contribution in [2.45, 2.75) is 46.2 Å². The highest BCUT2D eigenvalue weighted by Crippen LogP contribution is 2.17. The van der Waals surface area contributed by atoms with E-state index in [2.05, 4.69) is 43.2 Å². The predicted octanol–water partition coefficient (Wildman–Crippen LogP) is 3.30. The average molecular weight is 278 g/mol. The number of para-hydroxylation sites is 1. The predicted molar refractivity (Wildman–Crippen MR) is 86.3 cm³/mol. The van der Waals surface area contributed by atoms with Gasteiger partial charge in [-0.25, -0.2) is 0 Å². The molecule has 0 bridgehead atoms. The smallest absolute Gasteiger partial charge is 0.123 e. The summed E-state index contributed by atoms with van der Waals surface area (Å²) in [5.41, 5.74) is 1.24. The Labute approximate surface area is 124 Å². The van der Waals surface area contributed by atoms with Gasteiger partial charge in [-0.05, 0) is 59.8 Å². The number of rotatable bonds is 10. The van der Waals surface area contributed by atoms with Gasteiger partial charge in [0.05, 0.1) is 6.61 Å². The average Bonchev–Trinajstić information content (AvgIpc) is 2.44. The lowest BCUT2D eigenvalue weighted by atomic mass is 10.2. The largest absolute Gasteiger partial charge is 0.494 e. The van der Waals surface area contributed by atoms with Gasteiger partial charge in [0.15, 0.2) is 0 Å². The molecule has 0 unspecified atom stereocenters. The van der Waals surface area contributed by atoms with Gasteiger partial charge < -0.3 is 15.0 Å². The number of unbranched alkanes of at least 4 members (excludes halogenated alkanes) is 1. The van der Waals surface area contributed by atoms with Gasteiger partial charge in [0.2, 0.25) is 0 Å². The van der Waals surface area contributed by atoms with Crippen molar-refractivity contribution in [1.82, 2.24) is 10.2 Å². The molecule has 3 nitrogen and oxygen atoms in total. The van der Waals surface area contributed by atoms with Crippen LogP contribution in [0.25, 0.3) is 0 Å². The Bertz CT molecular complexity index is 366. The molecule has 0 aliphatic carbocycles. The fourth-order valence-electron chi connectivity index (χ4n) is 2.04. The molecule has 114 valence electrons. The van der Waals surface area contributed by atoms with Crippen LogP contribution in [0.2, 0.25) is 0 Å². The Morgan fingerprint density at radius 1 is 1.20 bits per heavy atom. The highest BCUT2D eigenvalue weighted by atomic mass is 16.5. The summed E-state index contributed by atoms with van der Waals surface area (Å²) in [6, 6.07) is 8.90. The quantitative estimate of drug-likeness (QED) is 0.665. The van der Waals surface area contributed by atoms with Gasteiger partial charge in [-0.15, -0.1) is 0 Å². The summed E-state index contributed by atoms with van der Waals surface area (Å²) in [6.07, 6.45) is 2.46. The van der Waals surface area contributed by atoms with Crippen molar-refractivity contribution < 1.29 is 4.74 Å². The lowest BCUT2D eigenvalue weighted by molar-refractivity contribution is 0.268. The SMILES string of the molecule is CCOc1ccccc1CNCCCCN(C)C(C)C. The maximum absolute atomic E-state index is 5.63. The van der Waals surface area contributed by atoms with E-state index < -0.39 is 0 Å². The maximum atomic E-state index is 5.63. The van der Waals surface area contributed by atoms with E-state index in [0.29, 0.717) is 6.04 Å². The zero-order valence-electron chi connectivity index (χ0n) is 13.5. The third-order valence-corrected chi connectivity index (χ3v) is 3.58. The molecule has 0 saturated heterocycles. The third kappa shape index (κ3) is 6.40. The van der Waals surface area contributed by atoms with Crippen molar-refractivity contribution in [2.24, 2.45) is 0 Å². The molecule has 3 heteroatoms. The fraction of sp³-hybridized carbons (Fsp3) is 0.647. The third-order valence-electron chi connectivity index (χ3n) is 3.58. The van der Waals surface area contributed by atoms with E-state index in [0.717, 1.165) is 25.4 Å². The molecule has 0 heterocycles. The van der Waals surface area contributed by atoms with Crippen LogP contribution in [0.1, 0.15) is 39.2 Å². The maximum Gasteiger partial charge on any atom is 0.123 e. The van der Waals surface area contributed by atoms with Crippen molar-refractivity contribution in [3.05, 3.63) is 29.8 Å². The Kier molecular flexibility index (Phi) is 8.31. The number of hydrogen-bond donors (Lipinski definition) is 1. The van der Waals surface area contributed by atoms with Crippen LogP contribution in [0.3, 0.4) is 0 Å². The van der Waals surface area contributed by atoms with Crippen LogP contribution in [0, 0.1) is 0 Å². The second-order valence-corrected chi connectivity index (χ2v) is 5.50. The second kappa shape index (κ2) is 9.78. The van der Waals surface area contributed by atoms with Gasteiger partial charge >= 0.3 is 0 Å². The minimum atomic E-state index is 0.640. The normalized spacial score (nSPS) is 11.3. The second-order valence-electron chi connectivity index (χ2n) is 5.50. The zero-order valence-corrected chi connectivity index (χ0v) is 13.5. The first kappa shape index (κ1) is 17.0. The minimum absolute atomic E-state index is 0.640. The molecule has 0 amide bonds. The van der Waals surface area contributed by atoms with Gasteiger partial charge in [-0.2, -0.15) is 0 Å². The highest BCUT2D eigenvalue weighted by Gasteiger charge is 2.03. The monoisotopic (exact) mass is 278 g/mol. The first-order chi connectivity index (χ1) is 9.65. The van der Waals surface area contributed by atoms with E-state index in [1.54, 1.807) is 0 Å². The molecule has 1 aromatic carbocycles. The lowest BCUT2D eigenvalue weighted by Gasteiger charge is -2.20. The molecule has 20 heavy (non-hydrogen) atoms. The standard InChI is InChI=1S/C17H30N2O/c1-5-20-17-11-7-6-10-16(17)14-18-12-8-9-13-19(4)15(2)3/h6-7,10-11,15,18H,5,8-9,12-14H2,1-4H3. The highest BCUT2D eigenvalue weighted by molar-refractivity contribution is 5.33.